The molecule has 6 aromatic rings. The summed E-state index contributed by atoms with van der Waals surface area (Å²) < 4.78 is 28.6. The SMILES string of the molecule is Cc1cc(F)cc(-c2[nH+]c3ccccc3s2)c1[O-].[Be+2].[O-]c1ccc(F)cc1-c1[nH+]c2ccccc2s1. The Kier molecular flexibility index (Phi) is 7.40. The largest absolute Gasteiger partial charge is 2.00 e. The van der Waals surface area contributed by atoms with E-state index in [0.717, 1.165) is 20.4 Å². The number of aryl methyl sites for hydroxylation is 1. The Hall–Kier alpha value is -3.71. The molecular formula is C27H18BeF2N2O2S2+2. The number of aromatic amines is 2. The van der Waals surface area contributed by atoms with E-state index in [2.05, 4.69) is 9.97 Å². The van der Waals surface area contributed by atoms with Gasteiger partial charge < -0.3 is 10.2 Å². The number of fused-ring (bicyclic) bond motifs is 2. The number of benzene rings is 4. The fourth-order valence-corrected chi connectivity index (χ4v) is 5.70. The van der Waals surface area contributed by atoms with E-state index in [4.69, 9.17) is 0 Å². The summed E-state index contributed by atoms with van der Waals surface area (Å²) in [5.41, 5.74) is 3.12. The molecule has 0 aliphatic heterocycles. The topological polar surface area (TPSA) is 74.4 Å². The molecule has 2 N–H and O–H groups in total. The summed E-state index contributed by atoms with van der Waals surface area (Å²) in [5, 5.41) is 25.1. The van der Waals surface area contributed by atoms with Crippen LogP contribution in [0.2, 0.25) is 0 Å². The molecule has 0 bridgehead atoms. The summed E-state index contributed by atoms with van der Waals surface area (Å²) in [6, 6.07) is 21.8. The standard InChI is InChI=1S/C14H10FNOS.C13H8FNOS.Be/c1-8-6-9(15)7-10(13(8)17)14-16-11-4-2-3-5-12(11)18-14;14-8-5-6-11(16)9(7-8)13-15-10-3-1-2-4-12(10)17-13;/h2-7,17H,1H3;1-7,16H;/q;;+2. The monoisotopic (exact) mass is 513 g/mol. The van der Waals surface area contributed by atoms with Gasteiger partial charge in [0.25, 0.3) is 10.0 Å². The molecule has 0 spiro atoms. The normalized spacial score (nSPS) is 10.6. The van der Waals surface area contributed by atoms with Gasteiger partial charge in [0.15, 0.2) is 0 Å². The van der Waals surface area contributed by atoms with Crippen LogP contribution in [0.5, 0.6) is 11.5 Å². The molecule has 0 aliphatic carbocycles. The molecular weight excluding hydrogens is 495 g/mol. The molecule has 36 heavy (non-hydrogen) atoms. The van der Waals surface area contributed by atoms with Crippen LogP contribution in [-0.4, -0.2) is 10.1 Å². The molecule has 0 saturated carbocycles. The number of H-pyrrole nitrogens is 2. The van der Waals surface area contributed by atoms with Crippen molar-refractivity contribution >= 4 is 53.2 Å². The number of thiazole rings is 2. The molecule has 0 radical (unpaired) electrons. The van der Waals surface area contributed by atoms with E-state index in [0.29, 0.717) is 26.7 Å². The van der Waals surface area contributed by atoms with E-state index >= 15 is 0 Å². The maximum atomic E-state index is 13.4. The number of hydrogen-bond acceptors (Lipinski definition) is 4. The van der Waals surface area contributed by atoms with E-state index in [1.165, 1.54) is 53.0 Å². The first-order valence-electron chi connectivity index (χ1n) is 10.7. The Labute approximate surface area is 217 Å². The summed E-state index contributed by atoms with van der Waals surface area (Å²) in [5.74, 6) is -1.08. The van der Waals surface area contributed by atoms with E-state index in [1.807, 2.05) is 48.5 Å². The van der Waals surface area contributed by atoms with E-state index in [1.54, 1.807) is 6.92 Å². The van der Waals surface area contributed by atoms with Gasteiger partial charge in [0.2, 0.25) is 11.0 Å². The Morgan fingerprint density at radius 2 is 1.19 bits per heavy atom. The van der Waals surface area contributed by atoms with Crippen molar-refractivity contribution in [2.45, 2.75) is 6.92 Å². The Bertz CT molecular complexity index is 1620. The summed E-state index contributed by atoms with van der Waals surface area (Å²) in [6.45, 7) is 1.63. The summed E-state index contributed by atoms with van der Waals surface area (Å²) in [6.07, 6.45) is 0. The van der Waals surface area contributed by atoms with Crippen molar-refractivity contribution in [1.82, 2.24) is 0 Å². The molecule has 0 atom stereocenters. The first-order chi connectivity index (χ1) is 16.9. The zero-order valence-electron chi connectivity index (χ0n) is 19.1. The fourth-order valence-electron chi connectivity index (χ4n) is 3.66. The Balaban J connectivity index is 0.000000165. The average Bonchev–Trinajstić information content (AvgIpc) is 3.47. The van der Waals surface area contributed by atoms with Crippen molar-refractivity contribution < 1.29 is 29.0 Å². The van der Waals surface area contributed by atoms with Crippen LogP contribution in [0.15, 0.2) is 78.9 Å². The molecule has 0 fully saturated rings. The van der Waals surface area contributed by atoms with Gasteiger partial charge in [0, 0.05) is 12.1 Å². The Morgan fingerprint density at radius 3 is 1.78 bits per heavy atom. The smallest absolute Gasteiger partial charge is 0.872 e. The molecule has 174 valence electrons. The third kappa shape index (κ3) is 5.11. The van der Waals surface area contributed by atoms with Crippen molar-refractivity contribution in [2.75, 3.05) is 0 Å². The minimum Gasteiger partial charge on any atom is -0.872 e. The minimum atomic E-state index is -0.398. The first-order valence-corrected chi connectivity index (χ1v) is 12.3. The molecule has 0 aliphatic rings. The van der Waals surface area contributed by atoms with Gasteiger partial charge >= 0.3 is 10.1 Å². The predicted molar refractivity (Wildman–Crippen MR) is 137 cm³/mol. The van der Waals surface area contributed by atoms with Crippen molar-refractivity contribution in [2.24, 2.45) is 0 Å². The van der Waals surface area contributed by atoms with E-state index < -0.39 is 5.82 Å². The van der Waals surface area contributed by atoms with Crippen molar-refractivity contribution in [3.63, 3.8) is 0 Å². The molecule has 0 amide bonds. The van der Waals surface area contributed by atoms with Crippen LogP contribution in [0.3, 0.4) is 0 Å². The summed E-state index contributed by atoms with van der Waals surface area (Å²) in [7, 11) is 0. The number of halogens is 2. The van der Waals surface area contributed by atoms with E-state index in [-0.39, 0.29) is 27.4 Å². The predicted octanol–water partition coefficient (Wildman–Crippen LogP) is 5.12. The molecule has 4 aromatic carbocycles. The van der Waals surface area contributed by atoms with Crippen LogP contribution < -0.4 is 20.2 Å². The maximum absolute atomic E-state index is 13.4. The van der Waals surface area contributed by atoms with Crippen LogP contribution in [0.1, 0.15) is 5.56 Å². The van der Waals surface area contributed by atoms with Gasteiger partial charge in [-0.05, 0) is 43.3 Å². The van der Waals surface area contributed by atoms with Gasteiger partial charge in [-0.1, -0.05) is 70.1 Å². The second kappa shape index (κ2) is 10.5. The van der Waals surface area contributed by atoms with Gasteiger partial charge in [-0.25, -0.2) is 8.78 Å². The number of aromatic nitrogens is 2. The van der Waals surface area contributed by atoms with Crippen LogP contribution in [0.4, 0.5) is 8.78 Å². The maximum Gasteiger partial charge on any atom is 2.00 e. The van der Waals surface area contributed by atoms with Crippen LogP contribution in [-0.2, 0) is 0 Å². The zero-order chi connectivity index (χ0) is 24.5. The molecule has 6 rings (SSSR count). The van der Waals surface area contributed by atoms with Crippen LogP contribution in [0, 0.1) is 18.6 Å². The second-order valence-electron chi connectivity index (χ2n) is 7.84. The number of para-hydroxylation sites is 2. The van der Waals surface area contributed by atoms with Crippen LogP contribution in [0.25, 0.3) is 41.6 Å². The van der Waals surface area contributed by atoms with Gasteiger partial charge in [0.1, 0.15) is 21.0 Å². The minimum absolute atomic E-state index is 0. The third-order valence-electron chi connectivity index (χ3n) is 5.36. The van der Waals surface area contributed by atoms with Gasteiger partial charge in [-0.2, -0.15) is 9.97 Å². The molecule has 0 unspecified atom stereocenters. The molecule has 9 heteroatoms. The van der Waals surface area contributed by atoms with Crippen molar-refractivity contribution in [3.8, 4) is 32.6 Å². The number of nitrogens with one attached hydrogen (secondary N) is 2. The van der Waals surface area contributed by atoms with Crippen molar-refractivity contribution in [3.05, 3.63) is 96.1 Å². The van der Waals surface area contributed by atoms with Gasteiger partial charge in [-0.15, -0.1) is 0 Å². The van der Waals surface area contributed by atoms with Gasteiger partial charge in [-0.3, -0.25) is 0 Å². The van der Waals surface area contributed by atoms with Crippen molar-refractivity contribution in [1.29, 1.82) is 0 Å². The molecule has 2 aromatic heterocycles. The van der Waals surface area contributed by atoms with Crippen LogP contribution >= 0.6 is 22.7 Å². The second-order valence-corrected chi connectivity index (χ2v) is 9.95. The number of rotatable bonds is 2. The summed E-state index contributed by atoms with van der Waals surface area (Å²) >= 11 is 2.91. The third-order valence-corrected chi connectivity index (χ3v) is 7.57. The van der Waals surface area contributed by atoms with Gasteiger partial charge in [0.05, 0.1) is 11.1 Å². The molecule has 0 saturated heterocycles. The first kappa shape index (κ1) is 25.4. The Morgan fingerprint density at radius 1 is 0.667 bits per heavy atom. The fraction of sp³-hybridized carbons (Fsp3) is 0.0370. The zero-order valence-corrected chi connectivity index (χ0v) is 20.7. The quantitative estimate of drug-likeness (QED) is 0.302. The average molecular weight is 514 g/mol. The molecule has 4 nitrogen and oxygen atoms in total. The summed E-state index contributed by atoms with van der Waals surface area (Å²) in [4.78, 5) is 6.29. The molecule has 2 heterocycles. The van der Waals surface area contributed by atoms with E-state index in [9.17, 15) is 19.0 Å². The number of hydrogen-bond donors (Lipinski definition) is 0.